The van der Waals surface area contributed by atoms with Crippen molar-refractivity contribution >= 4 is 23.5 Å². The Morgan fingerprint density at radius 2 is 2.00 bits per heavy atom. The molecule has 0 aromatic heterocycles. The SMILES string of the molecule is CCCc1cc(C(=O)c2ccc(Cl)cc2F)ccc1Oc1cccc(C[C@]2(C)CONC(=O)O2)c1. The number of carbonyl (C=O) groups excluding carboxylic acids is 2. The van der Waals surface area contributed by atoms with Crippen LogP contribution in [0, 0.1) is 5.82 Å². The van der Waals surface area contributed by atoms with Gasteiger partial charge in [-0.2, -0.15) is 5.48 Å². The van der Waals surface area contributed by atoms with Gasteiger partial charge in [0.25, 0.3) is 0 Å². The molecule has 1 saturated heterocycles. The zero-order chi connectivity index (χ0) is 25.0. The van der Waals surface area contributed by atoms with Gasteiger partial charge in [-0.15, -0.1) is 0 Å². The minimum absolute atomic E-state index is 0.0331. The van der Waals surface area contributed by atoms with Crippen LogP contribution >= 0.6 is 11.6 Å². The van der Waals surface area contributed by atoms with E-state index in [9.17, 15) is 14.0 Å². The van der Waals surface area contributed by atoms with Gasteiger partial charge in [-0.25, -0.2) is 9.18 Å². The number of amides is 1. The zero-order valence-electron chi connectivity index (χ0n) is 19.4. The number of aryl methyl sites for hydroxylation is 1. The average Bonchev–Trinajstić information content (AvgIpc) is 2.80. The predicted molar refractivity (Wildman–Crippen MR) is 129 cm³/mol. The van der Waals surface area contributed by atoms with Crippen molar-refractivity contribution in [3.05, 3.63) is 93.8 Å². The minimum Gasteiger partial charge on any atom is -0.457 e. The van der Waals surface area contributed by atoms with Gasteiger partial charge < -0.3 is 9.47 Å². The molecule has 0 bridgehead atoms. The summed E-state index contributed by atoms with van der Waals surface area (Å²) in [6, 6.07) is 16.6. The molecule has 3 aromatic rings. The average molecular weight is 498 g/mol. The molecule has 4 rings (SSSR count). The molecule has 0 aliphatic carbocycles. The molecule has 8 heteroatoms. The summed E-state index contributed by atoms with van der Waals surface area (Å²) in [4.78, 5) is 29.6. The van der Waals surface area contributed by atoms with Gasteiger partial charge >= 0.3 is 6.09 Å². The second kappa shape index (κ2) is 10.5. The second-order valence-electron chi connectivity index (χ2n) is 8.68. The first-order chi connectivity index (χ1) is 16.8. The maximum absolute atomic E-state index is 14.3. The third-order valence-corrected chi connectivity index (χ3v) is 5.83. The van der Waals surface area contributed by atoms with Crippen LogP contribution in [-0.4, -0.2) is 24.1 Å². The first-order valence-electron chi connectivity index (χ1n) is 11.3. The molecular formula is C27H25ClFNO5. The van der Waals surface area contributed by atoms with E-state index in [0.29, 0.717) is 29.9 Å². The lowest BCUT2D eigenvalue weighted by atomic mass is 9.96. The van der Waals surface area contributed by atoms with Gasteiger partial charge in [0.2, 0.25) is 0 Å². The second-order valence-corrected chi connectivity index (χ2v) is 9.12. The lowest BCUT2D eigenvalue weighted by Gasteiger charge is -2.32. The lowest BCUT2D eigenvalue weighted by molar-refractivity contribution is -0.121. The Labute approximate surface area is 207 Å². The van der Waals surface area contributed by atoms with Crippen LogP contribution in [0.2, 0.25) is 5.02 Å². The summed E-state index contributed by atoms with van der Waals surface area (Å²) < 4.78 is 25.9. The fraction of sp³-hybridized carbons (Fsp3) is 0.259. The number of benzene rings is 3. The summed E-state index contributed by atoms with van der Waals surface area (Å²) in [6.45, 7) is 4.05. The van der Waals surface area contributed by atoms with Crippen molar-refractivity contribution in [3.8, 4) is 11.5 Å². The molecule has 1 aliphatic rings. The Morgan fingerprint density at radius 3 is 2.74 bits per heavy atom. The fourth-order valence-electron chi connectivity index (χ4n) is 4.00. The molecule has 0 unspecified atom stereocenters. The number of ketones is 1. The molecular weight excluding hydrogens is 473 g/mol. The number of hydrogen-bond acceptors (Lipinski definition) is 5. The molecule has 1 fully saturated rings. The summed E-state index contributed by atoms with van der Waals surface area (Å²) in [5.74, 6) is 0.139. The van der Waals surface area contributed by atoms with Gasteiger partial charge in [0.05, 0.1) is 5.56 Å². The van der Waals surface area contributed by atoms with Crippen LogP contribution in [0.25, 0.3) is 0 Å². The van der Waals surface area contributed by atoms with Crippen LogP contribution in [0.3, 0.4) is 0 Å². The van der Waals surface area contributed by atoms with Crippen LogP contribution in [0.15, 0.2) is 60.7 Å². The van der Waals surface area contributed by atoms with Crippen molar-refractivity contribution in [1.29, 1.82) is 0 Å². The van der Waals surface area contributed by atoms with Crippen molar-refractivity contribution in [1.82, 2.24) is 5.48 Å². The standard InChI is InChI=1S/C27H25ClFNO5/c1-3-5-18-13-19(25(31)22-10-9-20(28)14-23(22)29)8-11-24(18)34-21-7-4-6-17(12-21)15-27(2)16-33-30-26(32)35-27/h4,6-14H,3,5,15-16H2,1-2H3,(H,30,32)/t27-/m1/s1. The van der Waals surface area contributed by atoms with E-state index in [1.54, 1.807) is 25.1 Å². The number of halogens is 2. The van der Waals surface area contributed by atoms with Gasteiger partial charge in [-0.3, -0.25) is 9.63 Å². The minimum atomic E-state index is -0.798. The number of nitrogens with one attached hydrogen (secondary N) is 1. The summed E-state index contributed by atoms with van der Waals surface area (Å²) in [5.41, 5.74) is 3.46. The monoisotopic (exact) mass is 497 g/mol. The van der Waals surface area contributed by atoms with Crippen molar-refractivity contribution in [2.75, 3.05) is 6.61 Å². The molecule has 0 radical (unpaired) electrons. The first-order valence-corrected chi connectivity index (χ1v) is 11.6. The molecule has 1 heterocycles. The van der Waals surface area contributed by atoms with Crippen LogP contribution in [-0.2, 0) is 22.4 Å². The van der Waals surface area contributed by atoms with Gasteiger partial charge in [0.15, 0.2) is 5.78 Å². The summed E-state index contributed by atoms with van der Waals surface area (Å²) in [5, 5.41) is 0.233. The molecule has 0 spiro atoms. The van der Waals surface area contributed by atoms with E-state index in [-0.39, 0.29) is 17.2 Å². The normalized spacial score (nSPS) is 17.4. The van der Waals surface area contributed by atoms with Gasteiger partial charge in [0.1, 0.15) is 29.5 Å². The number of rotatable bonds is 8. The smallest absolute Gasteiger partial charge is 0.431 e. The van der Waals surface area contributed by atoms with Gasteiger partial charge in [0, 0.05) is 17.0 Å². The lowest BCUT2D eigenvalue weighted by Crippen LogP contribution is -2.49. The molecule has 1 atom stereocenters. The number of carbonyl (C=O) groups is 2. The number of hydrogen-bond donors (Lipinski definition) is 1. The highest BCUT2D eigenvalue weighted by Gasteiger charge is 2.34. The maximum atomic E-state index is 14.3. The maximum Gasteiger partial charge on any atom is 0.431 e. The van der Waals surface area contributed by atoms with Crippen molar-refractivity contribution in [2.45, 2.75) is 38.7 Å². The zero-order valence-corrected chi connectivity index (χ0v) is 20.2. The molecule has 3 aromatic carbocycles. The molecule has 1 aliphatic heterocycles. The Morgan fingerprint density at radius 1 is 1.17 bits per heavy atom. The van der Waals surface area contributed by atoms with E-state index < -0.39 is 23.3 Å². The summed E-state index contributed by atoms with van der Waals surface area (Å²) in [6.07, 6.45) is 1.33. The summed E-state index contributed by atoms with van der Waals surface area (Å²) in [7, 11) is 0. The molecule has 6 nitrogen and oxygen atoms in total. The first kappa shape index (κ1) is 24.7. The number of ether oxygens (including phenoxy) is 2. The highest BCUT2D eigenvalue weighted by Crippen LogP contribution is 2.30. The fourth-order valence-corrected chi connectivity index (χ4v) is 4.16. The van der Waals surface area contributed by atoms with Crippen LogP contribution in [0.5, 0.6) is 11.5 Å². The van der Waals surface area contributed by atoms with Gasteiger partial charge in [-0.1, -0.05) is 37.1 Å². The van der Waals surface area contributed by atoms with E-state index in [0.717, 1.165) is 23.6 Å². The highest BCUT2D eigenvalue weighted by molar-refractivity contribution is 6.30. The Balaban J connectivity index is 1.56. The van der Waals surface area contributed by atoms with Crippen molar-refractivity contribution in [3.63, 3.8) is 0 Å². The van der Waals surface area contributed by atoms with E-state index in [1.165, 1.54) is 12.1 Å². The molecule has 1 N–H and O–H groups in total. The third kappa shape index (κ3) is 5.99. The van der Waals surface area contributed by atoms with Crippen molar-refractivity contribution in [2.24, 2.45) is 0 Å². The van der Waals surface area contributed by atoms with Crippen molar-refractivity contribution < 1.29 is 28.3 Å². The molecule has 1 amide bonds. The molecule has 35 heavy (non-hydrogen) atoms. The molecule has 0 saturated carbocycles. The number of cyclic esters (lactones) is 1. The Kier molecular flexibility index (Phi) is 7.38. The number of hydroxylamine groups is 1. The van der Waals surface area contributed by atoms with Crippen LogP contribution in [0.1, 0.15) is 47.3 Å². The van der Waals surface area contributed by atoms with Crippen LogP contribution in [0.4, 0.5) is 9.18 Å². The quantitative estimate of drug-likeness (QED) is 0.363. The topological polar surface area (TPSA) is 73.9 Å². The predicted octanol–water partition coefficient (Wildman–Crippen LogP) is 6.43. The van der Waals surface area contributed by atoms with E-state index in [4.69, 9.17) is 25.9 Å². The Bertz CT molecular complexity index is 1260. The van der Waals surface area contributed by atoms with E-state index in [1.807, 2.05) is 31.2 Å². The summed E-state index contributed by atoms with van der Waals surface area (Å²) >= 11 is 5.81. The van der Waals surface area contributed by atoms with E-state index >= 15 is 0 Å². The molecule has 182 valence electrons. The van der Waals surface area contributed by atoms with Crippen LogP contribution < -0.4 is 10.2 Å². The highest BCUT2D eigenvalue weighted by atomic mass is 35.5. The largest absolute Gasteiger partial charge is 0.457 e. The Hall–Kier alpha value is -3.42. The van der Waals surface area contributed by atoms with Gasteiger partial charge in [-0.05, 0) is 73.0 Å². The van der Waals surface area contributed by atoms with E-state index in [2.05, 4.69) is 5.48 Å². The third-order valence-electron chi connectivity index (χ3n) is 5.59.